The Morgan fingerprint density at radius 1 is 1.06 bits per heavy atom. The summed E-state index contributed by atoms with van der Waals surface area (Å²) in [6.07, 6.45) is 1.34. The molecule has 1 atom stereocenters. The number of hydrogen-bond acceptors (Lipinski definition) is 2. The topological polar surface area (TPSA) is 6.48 Å². The molecule has 0 amide bonds. The van der Waals surface area contributed by atoms with Gasteiger partial charge in [0, 0.05) is 32.2 Å². The van der Waals surface area contributed by atoms with Crippen molar-refractivity contribution >= 4 is 0 Å². The van der Waals surface area contributed by atoms with Crippen LogP contribution in [-0.4, -0.2) is 48.6 Å². The van der Waals surface area contributed by atoms with Gasteiger partial charge in [0.2, 0.25) is 0 Å². The Morgan fingerprint density at radius 3 is 2.25 bits per heavy atom. The highest BCUT2D eigenvalue weighted by Gasteiger charge is 2.23. The summed E-state index contributed by atoms with van der Waals surface area (Å²) in [5, 5.41) is 0. The molecule has 0 spiro atoms. The van der Waals surface area contributed by atoms with E-state index in [0.29, 0.717) is 0 Å². The van der Waals surface area contributed by atoms with E-state index in [-0.39, 0.29) is 0 Å². The van der Waals surface area contributed by atoms with Gasteiger partial charge in [-0.2, -0.15) is 0 Å². The highest BCUT2D eigenvalue weighted by molar-refractivity contribution is 4.79. The summed E-state index contributed by atoms with van der Waals surface area (Å²) < 4.78 is 0. The molecular weight excluding hydrogens is 196 g/mol. The smallest absolute Gasteiger partial charge is 0.0195 e. The first-order valence-corrected chi connectivity index (χ1v) is 6.95. The quantitative estimate of drug-likeness (QED) is 0.711. The standard InChI is InChI=1S/C14H30N2/c1-12(2)6-7-16-9-8-15(10-13(3)4)11-14(16)5/h12-14H,6-11H2,1-5H3/t14-/m1/s1. The molecule has 16 heavy (non-hydrogen) atoms. The first kappa shape index (κ1) is 14.0. The van der Waals surface area contributed by atoms with Crippen LogP contribution in [0.15, 0.2) is 0 Å². The van der Waals surface area contributed by atoms with Crippen LogP contribution in [0.1, 0.15) is 41.0 Å². The summed E-state index contributed by atoms with van der Waals surface area (Å²) in [5.74, 6) is 1.63. The molecule has 1 saturated heterocycles. The predicted molar refractivity (Wildman–Crippen MR) is 71.8 cm³/mol. The van der Waals surface area contributed by atoms with Crippen molar-refractivity contribution in [2.75, 3.05) is 32.7 Å². The van der Waals surface area contributed by atoms with Crippen molar-refractivity contribution in [2.24, 2.45) is 11.8 Å². The predicted octanol–water partition coefficient (Wildman–Crippen LogP) is 2.69. The maximum Gasteiger partial charge on any atom is 0.0195 e. The summed E-state index contributed by atoms with van der Waals surface area (Å²) in [5.41, 5.74) is 0. The number of nitrogens with zero attached hydrogens (tertiary/aromatic N) is 2. The highest BCUT2D eigenvalue weighted by atomic mass is 15.3. The average Bonchev–Trinajstić information content (AvgIpc) is 2.15. The third kappa shape index (κ3) is 4.84. The van der Waals surface area contributed by atoms with E-state index in [1.54, 1.807) is 0 Å². The van der Waals surface area contributed by atoms with Gasteiger partial charge in [0.1, 0.15) is 0 Å². The summed E-state index contributed by atoms with van der Waals surface area (Å²) in [4.78, 5) is 5.29. The lowest BCUT2D eigenvalue weighted by atomic mass is 10.1. The minimum absolute atomic E-state index is 0.742. The van der Waals surface area contributed by atoms with Crippen molar-refractivity contribution in [3.05, 3.63) is 0 Å². The molecule has 0 aromatic carbocycles. The van der Waals surface area contributed by atoms with Gasteiger partial charge in [0.15, 0.2) is 0 Å². The van der Waals surface area contributed by atoms with E-state index in [0.717, 1.165) is 17.9 Å². The molecule has 2 nitrogen and oxygen atoms in total. The Morgan fingerprint density at radius 2 is 1.75 bits per heavy atom. The minimum Gasteiger partial charge on any atom is -0.300 e. The number of rotatable bonds is 5. The first-order valence-electron chi connectivity index (χ1n) is 6.95. The molecule has 0 aromatic heterocycles. The van der Waals surface area contributed by atoms with Gasteiger partial charge < -0.3 is 4.90 Å². The lowest BCUT2D eigenvalue weighted by Crippen LogP contribution is -2.52. The molecule has 1 rings (SSSR count). The molecule has 0 aromatic rings. The van der Waals surface area contributed by atoms with Gasteiger partial charge in [-0.25, -0.2) is 0 Å². The van der Waals surface area contributed by atoms with Crippen LogP contribution in [0.3, 0.4) is 0 Å². The van der Waals surface area contributed by atoms with Crippen molar-refractivity contribution < 1.29 is 0 Å². The lowest BCUT2D eigenvalue weighted by molar-refractivity contribution is 0.0729. The number of piperazine rings is 1. The van der Waals surface area contributed by atoms with Crippen LogP contribution < -0.4 is 0 Å². The Balaban J connectivity index is 2.28. The van der Waals surface area contributed by atoms with Crippen LogP contribution in [0.4, 0.5) is 0 Å². The maximum atomic E-state index is 2.66. The molecule has 2 heteroatoms. The van der Waals surface area contributed by atoms with Crippen LogP contribution in [-0.2, 0) is 0 Å². The molecule has 1 aliphatic heterocycles. The molecule has 0 bridgehead atoms. The summed E-state index contributed by atoms with van der Waals surface area (Å²) in [6.45, 7) is 18.0. The Kier molecular flexibility index (Phi) is 5.77. The molecule has 1 aliphatic rings. The molecule has 0 radical (unpaired) electrons. The summed E-state index contributed by atoms with van der Waals surface area (Å²) in [6, 6.07) is 0.742. The molecule has 1 fully saturated rings. The van der Waals surface area contributed by atoms with Crippen molar-refractivity contribution in [3.8, 4) is 0 Å². The van der Waals surface area contributed by atoms with Gasteiger partial charge in [0.05, 0.1) is 0 Å². The van der Waals surface area contributed by atoms with Gasteiger partial charge in [-0.3, -0.25) is 4.90 Å². The largest absolute Gasteiger partial charge is 0.300 e. The Bertz CT molecular complexity index is 189. The van der Waals surface area contributed by atoms with Gasteiger partial charge >= 0.3 is 0 Å². The van der Waals surface area contributed by atoms with E-state index in [9.17, 15) is 0 Å². The van der Waals surface area contributed by atoms with E-state index < -0.39 is 0 Å². The second-order valence-electron chi connectivity index (χ2n) is 6.22. The normalized spacial score (nSPS) is 24.6. The SMILES string of the molecule is CC(C)CCN1CCN(CC(C)C)C[C@H]1C. The summed E-state index contributed by atoms with van der Waals surface area (Å²) >= 11 is 0. The van der Waals surface area contributed by atoms with Crippen LogP contribution in [0, 0.1) is 11.8 Å². The Labute approximate surface area is 102 Å². The fourth-order valence-electron chi connectivity index (χ4n) is 2.51. The zero-order chi connectivity index (χ0) is 12.1. The van der Waals surface area contributed by atoms with E-state index in [2.05, 4.69) is 44.4 Å². The van der Waals surface area contributed by atoms with Crippen molar-refractivity contribution in [1.29, 1.82) is 0 Å². The fraction of sp³-hybridized carbons (Fsp3) is 1.00. The van der Waals surface area contributed by atoms with Gasteiger partial charge in [-0.1, -0.05) is 27.7 Å². The van der Waals surface area contributed by atoms with Crippen LogP contribution in [0.2, 0.25) is 0 Å². The van der Waals surface area contributed by atoms with E-state index in [1.807, 2.05) is 0 Å². The van der Waals surface area contributed by atoms with Crippen molar-refractivity contribution in [2.45, 2.75) is 47.1 Å². The average molecular weight is 226 g/mol. The maximum absolute atomic E-state index is 2.66. The highest BCUT2D eigenvalue weighted by Crippen LogP contribution is 2.13. The third-order valence-corrected chi connectivity index (χ3v) is 3.47. The van der Waals surface area contributed by atoms with Crippen molar-refractivity contribution in [1.82, 2.24) is 9.80 Å². The Hall–Kier alpha value is -0.0800. The first-order chi connectivity index (χ1) is 7.49. The second kappa shape index (κ2) is 6.61. The molecule has 0 unspecified atom stereocenters. The van der Waals surface area contributed by atoms with Crippen LogP contribution in [0.25, 0.3) is 0 Å². The molecule has 0 aliphatic carbocycles. The summed E-state index contributed by atoms with van der Waals surface area (Å²) in [7, 11) is 0. The molecule has 1 heterocycles. The molecule has 96 valence electrons. The zero-order valence-electron chi connectivity index (χ0n) is 11.9. The van der Waals surface area contributed by atoms with Crippen LogP contribution in [0.5, 0.6) is 0 Å². The molecule has 0 N–H and O–H groups in total. The minimum atomic E-state index is 0.742. The van der Waals surface area contributed by atoms with E-state index in [4.69, 9.17) is 0 Å². The van der Waals surface area contributed by atoms with E-state index >= 15 is 0 Å². The molecule has 0 saturated carbocycles. The van der Waals surface area contributed by atoms with E-state index in [1.165, 1.54) is 39.1 Å². The lowest BCUT2D eigenvalue weighted by Gasteiger charge is -2.40. The van der Waals surface area contributed by atoms with Gasteiger partial charge in [-0.05, 0) is 31.7 Å². The van der Waals surface area contributed by atoms with Crippen LogP contribution >= 0.6 is 0 Å². The monoisotopic (exact) mass is 226 g/mol. The fourth-order valence-corrected chi connectivity index (χ4v) is 2.51. The third-order valence-electron chi connectivity index (χ3n) is 3.47. The van der Waals surface area contributed by atoms with Gasteiger partial charge in [0.25, 0.3) is 0 Å². The van der Waals surface area contributed by atoms with Crippen molar-refractivity contribution in [3.63, 3.8) is 0 Å². The molecular formula is C14H30N2. The van der Waals surface area contributed by atoms with Gasteiger partial charge in [-0.15, -0.1) is 0 Å². The number of hydrogen-bond donors (Lipinski definition) is 0. The zero-order valence-corrected chi connectivity index (χ0v) is 11.9. The second-order valence-corrected chi connectivity index (χ2v) is 6.22.